The van der Waals surface area contributed by atoms with Gasteiger partial charge in [0.05, 0.1) is 11.4 Å². The van der Waals surface area contributed by atoms with Crippen LogP contribution in [0.5, 0.6) is 0 Å². The lowest BCUT2D eigenvalue weighted by atomic mass is 10.6. The van der Waals surface area contributed by atoms with Crippen LogP contribution in [-0.2, 0) is 26.1 Å². The number of ether oxygens (including phenoxy) is 1. The molecule has 2 aromatic rings. The summed E-state index contributed by atoms with van der Waals surface area (Å²) in [6, 6.07) is 4.34. The molecule has 0 amide bonds. The van der Waals surface area contributed by atoms with E-state index in [0.717, 1.165) is 11.3 Å². The second kappa shape index (κ2) is 5.81. The number of aromatic nitrogens is 2. The molecule has 0 aliphatic rings. The Morgan fingerprint density at radius 1 is 1.50 bits per heavy atom. The minimum absolute atomic E-state index is 0.0880. The third-order valence-corrected chi connectivity index (χ3v) is 5.29. The van der Waals surface area contributed by atoms with Crippen molar-refractivity contribution in [3.63, 3.8) is 0 Å². The Hall–Kier alpha value is -1.58. The van der Waals surface area contributed by atoms with Gasteiger partial charge in [-0.15, -0.1) is 11.3 Å². The SMILES string of the molecule is COC(=O)Cn1ccc(NS(=O)(=O)c2ccc(Cl)s2)n1. The molecule has 0 radical (unpaired) electrons. The van der Waals surface area contributed by atoms with Crippen molar-refractivity contribution in [3.8, 4) is 0 Å². The molecule has 0 aromatic carbocycles. The second-order valence-electron chi connectivity index (χ2n) is 3.64. The van der Waals surface area contributed by atoms with Gasteiger partial charge in [0.1, 0.15) is 10.8 Å². The van der Waals surface area contributed by atoms with Gasteiger partial charge in [0, 0.05) is 12.3 Å². The fraction of sp³-hybridized carbons (Fsp3) is 0.200. The molecule has 0 saturated heterocycles. The van der Waals surface area contributed by atoms with Crippen molar-refractivity contribution in [3.05, 3.63) is 28.7 Å². The van der Waals surface area contributed by atoms with E-state index in [1.54, 1.807) is 0 Å². The number of rotatable bonds is 5. The summed E-state index contributed by atoms with van der Waals surface area (Å²) in [4.78, 5) is 11.1. The van der Waals surface area contributed by atoms with Gasteiger partial charge in [0.2, 0.25) is 0 Å². The number of esters is 1. The van der Waals surface area contributed by atoms with E-state index < -0.39 is 16.0 Å². The average molecular weight is 336 g/mol. The highest BCUT2D eigenvalue weighted by Gasteiger charge is 2.18. The predicted molar refractivity (Wildman–Crippen MR) is 74.4 cm³/mol. The van der Waals surface area contributed by atoms with Crippen LogP contribution in [0.1, 0.15) is 0 Å². The fourth-order valence-corrected chi connectivity index (χ4v) is 3.81. The van der Waals surface area contributed by atoms with Gasteiger partial charge in [0.15, 0.2) is 5.82 Å². The first-order valence-electron chi connectivity index (χ1n) is 5.29. The summed E-state index contributed by atoms with van der Waals surface area (Å²) in [5.74, 6) is -0.369. The van der Waals surface area contributed by atoms with Crippen LogP contribution >= 0.6 is 22.9 Å². The van der Waals surface area contributed by atoms with Gasteiger partial charge >= 0.3 is 5.97 Å². The first-order valence-corrected chi connectivity index (χ1v) is 7.97. The normalized spacial score (nSPS) is 11.3. The number of halogens is 1. The molecule has 0 atom stereocenters. The smallest absolute Gasteiger partial charge is 0.327 e. The van der Waals surface area contributed by atoms with Crippen molar-refractivity contribution >= 4 is 44.7 Å². The van der Waals surface area contributed by atoms with Crippen LogP contribution in [0.3, 0.4) is 0 Å². The monoisotopic (exact) mass is 335 g/mol. The summed E-state index contributed by atoms with van der Waals surface area (Å²) in [6.07, 6.45) is 1.47. The summed E-state index contributed by atoms with van der Waals surface area (Å²) >= 11 is 6.64. The van der Waals surface area contributed by atoms with Crippen molar-refractivity contribution in [1.82, 2.24) is 9.78 Å². The van der Waals surface area contributed by atoms with E-state index in [-0.39, 0.29) is 16.6 Å². The average Bonchev–Trinajstić information content (AvgIpc) is 2.98. The van der Waals surface area contributed by atoms with Crippen LogP contribution in [0.25, 0.3) is 0 Å². The molecule has 20 heavy (non-hydrogen) atoms. The number of hydrogen-bond donors (Lipinski definition) is 1. The Balaban J connectivity index is 2.12. The van der Waals surface area contributed by atoms with Crippen LogP contribution in [0, 0.1) is 0 Å². The van der Waals surface area contributed by atoms with Crippen LogP contribution in [-0.4, -0.2) is 31.3 Å². The maximum Gasteiger partial charge on any atom is 0.327 e. The highest BCUT2D eigenvalue weighted by Crippen LogP contribution is 2.26. The molecule has 0 bridgehead atoms. The summed E-state index contributed by atoms with van der Waals surface area (Å²) in [5.41, 5.74) is 0. The van der Waals surface area contributed by atoms with Gasteiger partial charge in [0.25, 0.3) is 10.0 Å². The zero-order valence-electron chi connectivity index (χ0n) is 10.2. The summed E-state index contributed by atoms with van der Waals surface area (Å²) in [6.45, 7) is -0.0942. The van der Waals surface area contributed by atoms with E-state index in [9.17, 15) is 13.2 Å². The zero-order valence-corrected chi connectivity index (χ0v) is 12.6. The first-order chi connectivity index (χ1) is 9.40. The number of hydrogen-bond acceptors (Lipinski definition) is 6. The van der Waals surface area contributed by atoms with E-state index in [1.165, 1.54) is 36.2 Å². The molecule has 7 nitrogen and oxygen atoms in total. The number of nitrogens with one attached hydrogen (secondary N) is 1. The highest BCUT2D eigenvalue weighted by molar-refractivity contribution is 7.94. The van der Waals surface area contributed by atoms with Gasteiger partial charge < -0.3 is 4.74 Å². The van der Waals surface area contributed by atoms with E-state index in [1.807, 2.05) is 0 Å². The van der Waals surface area contributed by atoms with Gasteiger partial charge in [-0.25, -0.2) is 8.42 Å². The maximum absolute atomic E-state index is 12.0. The highest BCUT2D eigenvalue weighted by atomic mass is 35.5. The Kier molecular flexibility index (Phi) is 4.31. The zero-order chi connectivity index (χ0) is 14.8. The van der Waals surface area contributed by atoms with Crippen LogP contribution in [0.15, 0.2) is 28.6 Å². The molecule has 0 aliphatic carbocycles. The van der Waals surface area contributed by atoms with Crippen molar-refractivity contribution in [2.45, 2.75) is 10.8 Å². The van der Waals surface area contributed by atoms with Gasteiger partial charge in [-0.2, -0.15) is 5.10 Å². The third kappa shape index (κ3) is 3.50. The van der Waals surface area contributed by atoms with Crippen molar-refractivity contribution in [1.29, 1.82) is 0 Å². The first kappa shape index (κ1) is 14.8. The lowest BCUT2D eigenvalue weighted by Crippen LogP contribution is -2.14. The Morgan fingerprint density at radius 3 is 2.85 bits per heavy atom. The number of carbonyl (C=O) groups is 1. The Bertz CT molecular complexity index is 722. The molecule has 0 unspecified atom stereocenters. The number of carbonyl (C=O) groups excluding carboxylic acids is 1. The van der Waals surface area contributed by atoms with Crippen LogP contribution < -0.4 is 4.72 Å². The van der Waals surface area contributed by atoms with Gasteiger partial charge in [-0.1, -0.05) is 11.6 Å². The standard InChI is InChI=1S/C10H10ClN3O4S2/c1-18-9(15)6-14-5-4-8(12-14)13-20(16,17)10-3-2-7(11)19-10/h2-5H,6H2,1H3,(H,12,13). The minimum atomic E-state index is -3.72. The van der Waals surface area contributed by atoms with E-state index in [0.29, 0.717) is 4.34 Å². The topological polar surface area (TPSA) is 90.3 Å². The molecule has 2 rings (SSSR count). The summed E-state index contributed by atoms with van der Waals surface area (Å²) in [7, 11) is -2.46. The molecule has 108 valence electrons. The van der Waals surface area contributed by atoms with Gasteiger partial charge in [-0.05, 0) is 12.1 Å². The number of thiophene rings is 1. The lowest BCUT2D eigenvalue weighted by molar-refractivity contribution is -0.141. The molecule has 10 heteroatoms. The molecule has 0 saturated carbocycles. The van der Waals surface area contributed by atoms with Crippen LogP contribution in [0.2, 0.25) is 4.34 Å². The number of nitrogens with zero attached hydrogens (tertiary/aromatic N) is 2. The molecule has 2 heterocycles. The number of methoxy groups -OCH3 is 1. The van der Waals surface area contributed by atoms with Crippen LogP contribution in [0.4, 0.5) is 5.82 Å². The maximum atomic E-state index is 12.0. The van der Waals surface area contributed by atoms with Gasteiger partial charge in [-0.3, -0.25) is 14.2 Å². The Labute approximate surface area is 124 Å². The molecule has 0 spiro atoms. The molecular weight excluding hydrogens is 326 g/mol. The number of anilines is 1. The molecule has 0 aliphatic heterocycles. The predicted octanol–water partition coefficient (Wildman–Crippen LogP) is 1.57. The third-order valence-electron chi connectivity index (χ3n) is 2.21. The molecule has 2 aromatic heterocycles. The van der Waals surface area contributed by atoms with Crippen molar-refractivity contribution in [2.75, 3.05) is 11.8 Å². The largest absolute Gasteiger partial charge is 0.468 e. The van der Waals surface area contributed by atoms with Crippen molar-refractivity contribution < 1.29 is 17.9 Å². The lowest BCUT2D eigenvalue weighted by Gasteiger charge is -2.02. The van der Waals surface area contributed by atoms with Crippen molar-refractivity contribution in [2.24, 2.45) is 0 Å². The summed E-state index contributed by atoms with van der Waals surface area (Å²) < 4.78 is 32.5. The quantitative estimate of drug-likeness (QED) is 0.838. The Morgan fingerprint density at radius 2 is 2.25 bits per heavy atom. The van der Waals surface area contributed by atoms with E-state index in [4.69, 9.17) is 11.6 Å². The molecule has 1 N–H and O–H groups in total. The second-order valence-corrected chi connectivity index (χ2v) is 7.26. The molecule has 0 fully saturated rings. The van der Waals surface area contributed by atoms with E-state index >= 15 is 0 Å². The molecular formula is C10H10ClN3O4S2. The number of sulfonamides is 1. The minimum Gasteiger partial charge on any atom is -0.468 e. The van der Waals surface area contributed by atoms with E-state index in [2.05, 4.69) is 14.6 Å². The fourth-order valence-electron chi connectivity index (χ4n) is 1.33. The summed E-state index contributed by atoms with van der Waals surface area (Å²) in [5, 5.41) is 3.91.